The molecule has 0 fully saturated rings. The fourth-order valence-electron chi connectivity index (χ4n) is 2.84. The lowest BCUT2D eigenvalue weighted by atomic mass is 9.96. The van der Waals surface area contributed by atoms with Crippen LogP contribution >= 0.6 is 11.6 Å². The summed E-state index contributed by atoms with van der Waals surface area (Å²) in [6, 6.07) is 12.0. The molecule has 138 valence electrons. The molecular weight excluding hydrogens is 365 g/mol. The SMILES string of the molecule is Cc1ccc(F)c(C(=O)Nc2cccc([C@H](C)Cc3cncc(Cl)n3)c2)c1. The van der Waals surface area contributed by atoms with Crippen molar-refractivity contribution in [2.75, 3.05) is 5.32 Å². The Hall–Kier alpha value is -2.79. The zero-order valence-electron chi connectivity index (χ0n) is 15.0. The molecule has 0 aliphatic heterocycles. The highest BCUT2D eigenvalue weighted by Crippen LogP contribution is 2.23. The number of carbonyl (C=O) groups is 1. The van der Waals surface area contributed by atoms with Gasteiger partial charge in [0.05, 0.1) is 17.5 Å². The van der Waals surface area contributed by atoms with E-state index in [0.29, 0.717) is 17.3 Å². The van der Waals surface area contributed by atoms with Crippen LogP contribution in [0.1, 0.15) is 40.0 Å². The second kappa shape index (κ2) is 8.27. The van der Waals surface area contributed by atoms with Gasteiger partial charge in [-0.05, 0) is 49.1 Å². The topological polar surface area (TPSA) is 54.9 Å². The first-order valence-corrected chi connectivity index (χ1v) is 8.94. The lowest BCUT2D eigenvalue weighted by Gasteiger charge is -2.14. The molecule has 2 aromatic carbocycles. The first-order valence-electron chi connectivity index (χ1n) is 8.56. The maximum Gasteiger partial charge on any atom is 0.258 e. The van der Waals surface area contributed by atoms with Crippen LogP contribution in [0.25, 0.3) is 0 Å². The summed E-state index contributed by atoms with van der Waals surface area (Å²) < 4.78 is 13.9. The summed E-state index contributed by atoms with van der Waals surface area (Å²) in [6.07, 6.45) is 3.85. The lowest BCUT2D eigenvalue weighted by Crippen LogP contribution is -2.14. The second-order valence-corrected chi connectivity index (χ2v) is 6.89. The van der Waals surface area contributed by atoms with Gasteiger partial charge >= 0.3 is 0 Å². The van der Waals surface area contributed by atoms with Gasteiger partial charge in [-0.3, -0.25) is 9.78 Å². The third-order valence-corrected chi connectivity index (χ3v) is 4.43. The van der Waals surface area contributed by atoms with Crippen molar-refractivity contribution in [3.63, 3.8) is 0 Å². The van der Waals surface area contributed by atoms with E-state index in [-0.39, 0.29) is 11.5 Å². The van der Waals surface area contributed by atoms with Crippen molar-refractivity contribution in [3.05, 3.63) is 88.2 Å². The Bertz CT molecular complexity index is 977. The van der Waals surface area contributed by atoms with Crippen LogP contribution in [0.4, 0.5) is 10.1 Å². The van der Waals surface area contributed by atoms with Crippen molar-refractivity contribution in [2.45, 2.75) is 26.2 Å². The molecule has 6 heteroatoms. The van der Waals surface area contributed by atoms with Crippen LogP contribution in [0.5, 0.6) is 0 Å². The van der Waals surface area contributed by atoms with Gasteiger partial charge in [0.1, 0.15) is 11.0 Å². The molecule has 0 aliphatic rings. The predicted octanol–water partition coefficient (Wildman–Crippen LogP) is 5.18. The van der Waals surface area contributed by atoms with Crippen LogP contribution in [0.2, 0.25) is 5.15 Å². The molecule has 0 spiro atoms. The summed E-state index contributed by atoms with van der Waals surface area (Å²) in [5, 5.41) is 3.13. The van der Waals surface area contributed by atoms with Crippen molar-refractivity contribution < 1.29 is 9.18 Å². The number of anilines is 1. The molecule has 1 heterocycles. The first-order chi connectivity index (χ1) is 12.9. The second-order valence-electron chi connectivity index (χ2n) is 6.50. The van der Waals surface area contributed by atoms with E-state index >= 15 is 0 Å². The van der Waals surface area contributed by atoms with E-state index in [0.717, 1.165) is 16.8 Å². The quantitative estimate of drug-likeness (QED) is 0.660. The Balaban J connectivity index is 1.75. The Morgan fingerprint density at radius 3 is 2.81 bits per heavy atom. The predicted molar refractivity (Wildman–Crippen MR) is 105 cm³/mol. The van der Waals surface area contributed by atoms with Crippen LogP contribution in [0, 0.1) is 12.7 Å². The van der Waals surface area contributed by atoms with E-state index in [9.17, 15) is 9.18 Å². The number of nitrogens with one attached hydrogen (secondary N) is 1. The summed E-state index contributed by atoms with van der Waals surface area (Å²) >= 11 is 5.89. The summed E-state index contributed by atoms with van der Waals surface area (Å²) in [5.74, 6) is -0.866. The number of hydrogen-bond acceptors (Lipinski definition) is 3. The fourth-order valence-corrected chi connectivity index (χ4v) is 3.01. The highest BCUT2D eigenvalue weighted by Gasteiger charge is 2.14. The minimum atomic E-state index is -0.540. The standard InChI is InChI=1S/C21H19ClFN3O/c1-13-6-7-19(23)18(8-13)21(27)26-16-5-3-4-15(10-16)14(2)9-17-11-24-12-20(22)25-17/h3-8,10-12,14H,9H2,1-2H3,(H,26,27)/t14-/m1/s1. The molecule has 27 heavy (non-hydrogen) atoms. The van der Waals surface area contributed by atoms with Crippen LogP contribution < -0.4 is 5.32 Å². The third-order valence-electron chi connectivity index (χ3n) is 4.25. The molecule has 0 saturated heterocycles. The van der Waals surface area contributed by atoms with Crippen LogP contribution in [-0.2, 0) is 6.42 Å². The first kappa shape index (κ1) is 19.0. The zero-order chi connectivity index (χ0) is 19.4. The maximum atomic E-state index is 13.9. The molecule has 1 aromatic heterocycles. The van der Waals surface area contributed by atoms with Gasteiger partial charge in [0.25, 0.3) is 5.91 Å². The number of benzene rings is 2. The summed E-state index contributed by atoms with van der Waals surface area (Å²) in [4.78, 5) is 20.7. The molecule has 1 atom stereocenters. The van der Waals surface area contributed by atoms with Gasteiger partial charge in [-0.1, -0.05) is 42.3 Å². The summed E-state index contributed by atoms with van der Waals surface area (Å²) in [5.41, 5.74) is 3.29. The minimum absolute atomic E-state index is 0.0302. The van der Waals surface area contributed by atoms with E-state index in [1.807, 2.05) is 25.1 Å². The Labute approximate surface area is 162 Å². The number of nitrogens with zero attached hydrogens (tertiary/aromatic N) is 2. The molecule has 3 aromatic rings. The van der Waals surface area contributed by atoms with Crippen LogP contribution in [0.15, 0.2) is 54.9 Å². The number of rotatable bonds is 5. The summed E-state index contributed by atoms with van der Waals surface area (Å²) in [6.45, 7) is 3.88. The molecule has 0 aliphatic carbocycles. The maximum absolute atomic E-state index is 13.9. The molecular formula is C21H19ClFN3O. The number of aromatic nitrogens is 2. The Kier molecular flexibility index (Phi) is 5.81. The smallest absolute Gasteiger partial charge is 0.258 e. The van der Waals surface area contributed by atoms with E-state index in [1.54, 1.807) is 18.3 Å². The van der Waals surface area contributed by atoms with Gasteiger partial charge in [0, 0.05) is 11.9 Å². The number of carbonyl (C=O) groups excluding carboxylic acids is 1. The van der Waals surface area contributed by atoms with E-state index in [1.165, 1.54) is 18.3 Å². The number of halogens is 2. The lowest BCUT2D eigenvalue weighted by molar-refractivity contribution is 0.102. The highest BCUT2D eigenvalue weighted by atomic mass is 35.5. The van der Waals surface area contributed by atoms with Crippen molar-refractivity contribution in [2.24, 2.45) is 0 Å². The molecule has 0 radical (unpaired) electrons. The van der Waals surface area contributed by atoms with Gasteiger partial charge < -0.3 is 5.32 Å². The Morgan fingerprint density at radius 1 is 1.22 bits per heavy atom. The minimum Gasteiger partial charge on any atom is -0.322 e. The van der Waals surface area contributed by atoms with E-state index < -0.39 is 11.7 Å². The van der Waals surface area contributed by atoms with Crippen molar-refractivity contribution in [3.8, 4) is 0 Å². The molecule has 0 bridgehead atoms. The summed E-state index contributed by atoms with van der Waals surface area (Å²) in [7, 11) is 0. The largest absolute Gasteiger partial charge is 0.322 e. The van der Waals surface area contributed by atoms with Crippen molar-refractivity contribution in [1.29, 1.82) is 0 Å². The number of hydrogen-bond donors (Lipinski definition) is 1. The highest BCUT2D eigenvalue weighted by molar-refractivity contribution is 6.29. The van der Waals surface area contributed by atoms with Crippen molar-refractivity contribution >= 4 is 23.2 Å². The van der Waals surface area contributed by atoms with Crippen LogP contribution in [-0.4, -0.2) is 15.9 Å². The van der Waals surface area contributed by atoms with E-state index in [4.69, 9.17) is 11.6 Å². The Morgan fingerprint density at radius 2 is 2.04 bits per heavy atom. The molecule has 3 rings (SSSR count). The van der Waals surface area contributed by atoms with Crippen LogP contribution in [0.3, 0.4) is 0 Å². The van der Waals surface area contributed by atoms with Crippen molar-refractivity contribution in [1.82, 2.24) is 9.97 Å². The molecule has 1 amide bonds. The zero-order valence-corrected chi connectivity index (χ0v) is 15.8. The van der Waals surface area contributed by atoms with Gasteiger partial charge in [-0.25, -0.2) is 9.37 Å². The van der Waals surface area contributed by atoms with Gasteiger partial charge in [0.15, 0.2) is 0 Å². The molecule has 0 saturated carbocycles. The monoisotopic (exact) mass is 383 g/mol. The van der Waals surface area contributed by atoms with E-state index in [2.05, 4.69) is 22.2 Å². The average molecular weight is 384 g/mol. The molecule has 1 N–H and O–H groups in total. The van der Waals surface area contributed by atoms with Gasteiger partial charge in [-0.15, -0.1) is 0 Å². The third kappa shape index (κ3) is 4.89. The normalized spacial score (nSPS) is 11.9. The fraction of sp³-hybridized carbons (Fsp3) is 0.190. The average Bonchev–Trinajstić information content (AvgIpc) is 2.64. The molecule has 0 unspecified atom stereocenters. The molecule has 4 nitrogen and oxygen atoms in total. The van der Waals surface area contributed by atoms with Gasteiger partial charge in [0.2, 0.25) is 0 Å². The number of aryl methyl sites for hydroxylation is 1. The van der Waals surface area contributed by atoms with Gasteiger partial charge in [-0.2, -0.15) is 0 Å². The number of amides is 1.